The van der Waals surface area contributed by atoms with Gasteiger partial charge in [0.15, 0.2) is 0 Å². The minimum Gasteiger partial charge on any atom is -0.497 e. The van der Waals surface area contributed by atoms with Crippen LogP contribution in [0.4, 0.5) is 0 Å². The maximum Gasteiger partial charge on any atom is 0.270 e. The maximum absolute atomic E-state index is 13.0. The van der Waals surface area contributed by atoms with Crippen molar-refractivity contribution in [2.45, 2.75) is 12.8 Å². The van der Waals surface area contributed by atoms with Gasteiger partial charge >= 0.3 is 0 Å². The number of benzene rings is 2. The van der Waals surface area contributed by atoms with E-state index in [0.29, 0.717) is 23.0 Å². The van der Waals surface area contributed by atoms with E-state index in [4.69, 9.17) is 21.4 Å². The number of ether oxygens (including phenoxy) is 1. The summed E-state index contributed by atoms with van der Waals surface area (Å²) >= 11 is 6.18. The van der Waals surface area contributed by atoms with E-state index in [1.165, 1.54) is 12.8 Å². The second-order valence-corrected chi connectivity index (χ2v) is 7.78. The summed E-state index contributed by atoms with van der Waals surface area (Å²) in [6.45, 7) is 3.68. The molecular formula is C23H25ClN4O2. The molecule has 0 atom stereocenters. The predicted molar refractivity (Wildman–Crippen MR) is 119 cm³/mol. The molecular weight excluding hydrogens is 400 g/mol. The highest BCUT2D eigenvalue weighted by Crippen LogP contribution is 2.26. The molecule has 1 N–H and O–H groups in total. The Kier molecular flexibility index (Phi) is 6.35. The lowest BCUT2D eigenvalue weighted by molar-refractivity contribution is 0.0942. The summed E-state index contributed by atoms with van der Waals surface area (Å²) in [5, 5.41) is 8.33. The van der Waals surface area contributed by atoms with Crippen molar-refractivity contribution in [1.82, 2.24) is 20.0 Å². The number of carbonyl (C=O) groups excluding carboxylic acids is 1. The van der Waals surface area contributed by atoms with Gasteiger partial charge < -0.3 is 15.0 Å². The monoisotopic (exact) mass is 424 g/mol. The molecule has 1 aromatic heterocycles. The van der Waals surface area contributed by atoms with E-state index in [1.807, 2.05) is 36.4 Å². The Hall–Kier alpha value is -2.83. The van der Waals surface area contributed by atoms with Crippen molar-refractivity contribution in [3.63, 3.8) is 0 Å². The van der Waals surface area contributed by atoms with Gasteiger partial charge in [-0.3, -0.25) is 4.79 Å². The average Bonchev–Trinajstić information content (AvgIpc) is 3.44. The van der Waals surface area contributed by atoms with Crippen LogP contribution in [0.2, 0.25) is 5.02 Å². The van der Waals surface area contributed by atoms with Crippen LogP contribution in [0.25, 0.3) is 16.9 Å². The van der Waals surface area contributed by atoms with Gasteiger partial charge in [-0.2, -0.15) is 5.10 Å². The van der Waals surface area contributed by atoms with Crippen LogP contribution in [-0.2, 0) is 0 Å². The van der Waals surface area contributed by atoms with E-state index < -0.39 is 0 Å². The molecule has 7 heteroatoms. The molecule has 0 radical (unpaired) electrons. The number of aromatic nitrogens is 2. The molecule has 0 unspecified atom stereocenters. The topological polar surface area (TPSA) is 59.4 Å². The number of hydrogen-bond acceptors (Lipinski definition) is 4. The summed E-state index contributed by atoms with van der Waals surface area (Å²) in [6.07, 6.45) is 2.47. The Morgan fingerprint density at radius 2 is 1.93 bits per heavy atom. The van der Waals surface area contributed by atoms with E-state index >= 15 is 0 Å². The van der Waals surface area contributed by atoms with E-state index in [-0.39, 0.29) is 5.91 Å². The van der Waals surface area contributed by atoms with E-state index in [2.05, 4.69) is 10.2 Å². The molecule has 0 aliphatic carbocycles. The van der Waals surface area contributed by atoms with Crippen LogP contribution in [0, 0.1) is 0 Å². The third-order valence-electron chi connectivity index (χ3n) is 5.27. The smallest absolute Gasteiger partial charge is 0.270 e. The molecule has 0 saturated carbocycles. The zero-order valence-corrected chi connectivity index (χ0v) is 17.7. The van der Waals surface area contributed by atoms with Crippen LogP contribution >= 0.6 is 11.6 Å². The zero-order chi connectivity index (χ0) is 20.9. The van der Waals surface area contributed by atoms with Crippen LogP contribution in [-0.4, -0.2) is 53.9 Å². The summed E-state index contributed by atoms with van der Waals surface area (Å²) in [5.74, 6) is 0.581. The lowest BCUT2D eigenvalue weighted by atomic mass is 10.1. The van der Waals surface area contributed by atoms with E-state index in [0.717, 1.165) is 36.6 Å². The highest BCUT2D eigenvalue weighted by Gasteiger charge is 2.19. The van der Waals surface area contributed by atoms with Crippen molar-refractivity contribution in [1.29, 1.82) is 0 Å². The molecule has 0 bridgehead atoms. The van der Waals surface area contributed by atoms with Crippen LogP contribution < -0.4 is 10.1 Å². The van der Waals surface area contributed by atoms with Gasteiger partial charge in [0.05, 0.1) is 18.5 Å². The first-order valence-electron chi connectivity index (χ1n) is 10.1. The number of likely N-dealkylation sites (tertiary alicyclic amines) is 1. The molecule has 1 fully saturated rings. The highest BCUT2D eigenvalue weighted by atomic mass is 35.5. The van der Waals surface area contributed by atoms with Crippen molar-refractivity contribution in [2.24, 2.45) is 0 Å². The lowest BCUT2D eigenvalue weighted by Gasteiger charge is -2.15. The van der Waals surface area contributed by atoms with Crippen molar-refractivity contribution >= 4 is 17.5 Å². The summed E-state index contributed by atoms with van der Waals surface area (Å²) in [7, 11) is 1.63. The highest BCUT2D eigenvalue weighted by molar-refractivity contribution is 6.30. The minimum absolute atomic E-state index is 0.157. The van der Waals surface area contributed by atoms with Crippen molar-refractivity contribution < 1.29 is 9.53 Å². The summed E-state index contributed by atoms with van der Waals surface area (Å²) < 4.78 is 6.97. The number of methoxy groups -OCH3 is 1. The Balaban J connectivity index is 1.62. The normalized spacial score (nSPS) is 14.1. The first kappa shape index (κ1) is 20.4. The van der Waals surface area contributed by atoms with Crippen molar-refractivity contribution in [3.8, 4) is 22.7 Å². The quantitative estimate of drug-likeness (QED) is 0.622. The largest absolute Gasteiger partial charge is 0.497 e. The summed E-state index contributed by atoms with van der Waals surface area (Å²) in [5.41, 5.74) is 2.78. The average molecular weight is 425 g/mol. The van der Waals surface area contributed by atoms with Gasteiger partial charge in [0.25, 0.3) is 5.91 Å². The fourth-order valence-corrected chi connectivity index (χ4v) is 3.88. The maximum atomic E-state index is 13.0. The number of rotatable bonds is 7. The first-order valence-corrected chi connectivity index (χ1v) is 10.5. The van der Waals surface area contributed by atoms with E-state index in [1.54, 1.807) is 30.0 Å². The predicted octanol–water partition coefficient (Wildman–Crippen LogP) is 4.03. The molecule has 1 aliphatic heterocycles. The molecule has 0 spiro atoms. The Labute approximate surface area is 181 Å². The third-order valence-corrected chi connectivity index (χ3v) is 5.51. The lowest BCUT2D eigenvalue weighted by Crippen LogP contribution is -2.34. The Morgan fingerprint density at radius 3 is 2.70 bits per heavy atom. The van der Waals surface area contributed by atoms with Gasteiger partial charge in [-0.1, -0.05) is 29.8 Å². The molecule has 156 valence electrons. The molecule has 3 aromatic rings. The molecule has 2 heterocycles. The van der Waals surface area contributed by atoms with Gasteiger partial charge in [-0.05, 0) is 62.3 Å². The summed E-state index contributed by atoms with van der Waals surface area (Å²) in [6, 6.07) is 16.8. The number of nitrogens with one attached hydrogen (secondary N) is 1. The van der Waals surface area contributed by atoms with Gasteiger partial charge in [0, 0.05) is 23.7 Å². The Morgan fingerprint density at radius 1 is 1.13 bits per heavy atom. The van der Waals surface area contributed by atoms with Gasteiger partial charge in [-0.25, -0.2) is 4.68 Å². The third kappa shape index (κ3) is 4.66. The number of nitrogens with zero attached hydrogens (tertiary/aromatic N) is 3. The van der Waals surface area contributed by atoms with Crippen molar-refractivity contribution in [3.05, 3.63) is 65.3 Å². The van der Waals surface area contributed by atoms with Crippen LogP contribution in [0.5, 0.6) is 5.75 Å². The molecule has 6 nitrogen and oxygen atoms in total. The molecule has 2 aromatic carbocycles. The number of amides is 1. The summed E-state index contributed by atoms with van der Waals surface area (Å²) in [4.78, 5) is 15.4. The molecule has 1 saturated heterocycles. The minimum atomic E-state index is -0.157. The zero-order valence-electron chi connectivity index (χ0n) is 17.0. The van der Waals surface area contributed by atoms with Crippen LogP contribution in [0.1, 0.15) is 23.3 Å². The van der Waals surface area contributed by atoms with Gasteiger partial charge in [0.2, 0.25) is 0 Å². The van der Waals surface area contributed by atoms with Crippen LogP contribution in [0.3, 0.4) is 0 Å². The number of hydrogen-bond donors (Lipinski definition) is 1. The molecule has 4 rings (SSSR count). The first-order chi connectivity index (χ1) is 14.6. The van der Waals surface area contributed by atoms with Gasteiger partial charge in [0.1, 0.15) is 11.4 Å². The Bertz CT molecular complexity index is 1030. The molecule has 1 aliphatic rings. The SMILES string of the molecule is COc1cccc(-c2cc(C(=O)NCCN3CCCC3)n(-c3cccc(Cl)c3)n2)c1. The fourth-order valence-electron chi connectivity index (χ4n) is 3.70. The fraction of sp³-hybridized carbons (Fsp3) is 0.304. The number of halogens is 1. The molecule has 1 amide bonds. The van der Waals surface area contributed by atoms with E-state index in [9.17, 15) is 4.79 Å². The second-order valence-electron chi connectivity index (χ2n) is 7.34. The van der Waals surface area contributed by atoms with Crippen LogP contribution in [0.15, 0.2) is 54.6 Å². The molecule has 30 heavy (non-hydrogen) atoms. The van der Waals surface area contributed by atoms with Crippen molar-refractivity contribution in [2.75, 3.05) is 33.3 Å². The van der Waals surface area contributed by atoms with Gasteiger partial charge in [-0.15, -0.1) is 0 Å². The standard InChI is InChI=1S/C23H25ClN4O2/c1-30-20-9-4-6-17(14-20)21-16-22(23(29)25-10-13-27-11-2-3-12-27)28(26-21)19-8-5-7-18(24)15-19/h4-9,14-16H,2-3,10-13H2,1H3,(H,25,29). The second kappa shape index (κ2) is 9.32. The number of carbonyl (C=O) groups is 1.